The number of ether oxygens (including phenoxy) is 2. The van der Waals surface area contributed by atoms with E-state index in [0.29, 0.717) is 32.6 Å². The predicted molar refractivity (Wildman–Crippen MR) is 174 cm³/mol. The maximum Gasteiger partial charge on any atom is 0.336 e. The molecule has 4 rings (SSSR count). The lowest BCUT2D eigenvalue weighted by atomic mass is 10.0. The predicted octanol–water partition coefficient (Wildman–Crippen LogP) is 4.89. The Morgan fingerprint density at radius 2 is 1.42 bits per heavy atom. The molecule has 242 valence electrons. The third kappa shape index (κ3) is 10.4. The Hall–Kier alpha value is -3.79. The van der Waals surface area contributed by atoms with E-state index in [-0.39, 0.29) is 6.61 Å². The van der Waals surface area contributed by atoms with Crippen LogP contribution in [0.4, 0.5) is 0 Å². The minimum absolute atomic E-state index is 0.179. The Kier molecular flexibility index (Phi) is 12.9. The van der Waals surface area contributed by atoms with E-state index in [1.807, 2.05) is 12.1 Å². The SMILES string of the molecule is Cc1ccc(CCCCCOC(C(=O)N2CCN(CCCc3ccc4ccccc4c3)CC2)C(OCC(=O)O)C(=O)O)cc1C. The Labute approximate surface area is 265 Å². The number of amides is 1. The Morgan fingerprint density at radius 3 is 2.13 bits per heavy atom. The van der Waals surface area contributed by atoms with Gasteiger partial charge in [-0.25, -0.2) is 9.59 Å². The molecule has 2 unspecified atom stereocenters. The van der Waals surface area contributed by atoms with Gasteiger partial charge in [0.1, 0.15) is 6.61 Å². The molecule has 9 nitrogen and oxygen atoms in total. The lowest BCUT2D eigenvalue weighted by molar-refractivity contribution is -0.177. The van der Waals surface area contributed by atoms with Crippen molar-refractivity contribution in [1.29, 1.82) is 0 Å². The summed E-state index contributed by atoms with van der Waals surface area (Å²) in [6.45, 7) is 6.66. The number of aliphatic carboxylic acids is 2. The van der Waals surface area contributed by atoms with Gasteiger partial charge >= 0.3 is 11.9 Å². The second kappa shape index (κ2) is 17.1. The molecule has 1 aliphatic heterocycles. The van der Waals surface area contributed by atoms with Gasteiger partial charge in [-0.15, -0.1) is 0 Å². The van der Waals surface area contributed by atoms with Gasteiger partial charge in [0, 0.05) is 32.8 Å². The van der Waals surface area contributed by atoms with Gasteiger partial charge < -0.3 is 24.6 Å². The summed E-state index contributed by atoms with van der Waals surface area (Å²) in [5.74, 6) is -3.20. The van der Waals surface area contributed by atoms with Crippen LogP contribution in [0.2, 0.25) is 0 Å². The van der Waals surface area contributed by atoms with Gasteiger partial charge in [0.15, 0.2) is 12.2 Å². The summed E-state index contributed by atoms with van der Waals surface area (Å²) < 4.78 is 11.0. The number of aryl methyl sites for hydroxylation is 4. The van der Waals surface area contributed by atoms with Gasteiger partial charge in [-0.05, 0) is 85.5 Å². The highest BCUT2D eigenvalue weighted by Gasteiger charge is 2.39. The highest BCUT2D eigenvalue weighted by Crippen LogP contribution is 2.18. The number of hydrogen-bond donors (Lipinski definition) is 2. The van der Waals surface area contributed by atoms with E-state index < -0.39 is 36.7 Å². The Bertz CT molecular complexity index is 1430. The van der Waals surface area contributed by atoms with Crippen LogP contribution >= 0.6 is 0 Å². The largest absolute Gasteiger partial charge is 0.480 e. The van der Waals surface area contributed by atoms with Crippen LogP contribution in [-0.4, -0.2) is 96.0 Å². The number of benzene rings is 3. The van der Waals surface area contributed by atoms with Crippen LogP contribution in [0.15, 0.2) is 60.7 Å². The molecule has 1 saturated heterocycles. The van der Waals surface area contributed by atoms with Crippen molar-refractivity contribution >= 4 is 28.6 Å². The molecule has 0 saturated carbocycles. The number of carbonyl (C=O) groups is 3. The molecule has 0 aromatic heterocycles. The van der Waals surface area contributed by atoms with E-state index in [4.69, 9.17) is 14.6 Å². The standard InChI is InChI=1S/C36H46N2O7/c1-26-13-14-28(23-27(26)2)9-4-3-7-22-44-33(34(36(42)43)45-25-32(39)40)35(41)38-20-18-37(19-21-38)17-8-10-29-15-16-30-11-5-6-12-31(30)24-29/h5-6,11-16,23-24,33-34H,3-4,7-10,17-22,25H2,1-2H3,(H,39,40)(H,42,43). The molecule has 0 spiro atoms. The Morgan fingerprint density at radius 1 is 0.733 bits per heavy atom. The number of unbranched alkanes of at least 4 members (excludes halogenated alkanes) is 2. The van der Waals surface area contributed by atoms with Crippen LogP contribution in [0.1, 0.15) is 47.9 Å². The number of fused-ring (bicyclic) bond motifs is 1. The molecule has 2 atom stereocenters. The first kappa shape index (κ1) is 34.1. The minimum Gasteiger partial charge on any atom is -0.480 e. The minimum atomic E-state index is -1.70. The van der Waals surface area contributed by atoms with E-state index >= 15 is 0 Å². The summed E-state index contributed by atoms with van der Waals surface area (Å²) in [5, 5.41) is 21.4. The first-order valence-corrected chi connectivity index (χ1v) is 15.9. The summed E-state index contributed by atoms with van der Waals surface area (Å²) in [6.07, 6.45) is 2.19. The quantitative estimate of drug-likeness (QED) is 0.206. The number of rotatable bonds is 17. The van der Waals surface area contributed by atoms with E-state index in [9.17, 15) is 19.5 Å². The van der Waals surface area contributed by atoms with Crippen molar-refractivity contribution in [2.45, 2.75) is 64.6 Å². The van der Waals surface area contributed by atoms with Crippen LogP contribution in [-0.2, 0) is 36.7 Å². The van der Waals surface area contributed by atoms with Crippen molar-refractivity contribution < 1.29 is 34.1 Å². The second-order valence-electron chi connectivity index (χ2n) is 11.9. The third-order valence-electron chi connectivity index (χ3n) is 8.56. The van der Waals surface area contributed by atoms with Gasteiger partial charge in [-0.2, -0.15) is 0 Å². The number of carboxylic acids is 2. The highest BCUT2D eigenvalue weighted by atomic mass is 16.6. The molecule has 0 bridgehead atoms. The summed E-state index contributed by atoms with van der Waals surface area (Å²) >= 11 is 0. The van der Waals surface area contributed by atoms with Crippen LogP contribution in [0.5, 0.6) is 0 Å². The van der Waals surface area contributed by atoms with Gasteiger partial charge in [-0.3, -0.25) is 9.69 Å². The first-order valence-electron chi connectivity index (χ1n) is 15.9. The fourth-order valence-corrected chi connectivity index (χ4v) is 5.79. The number of carboxylic acid groups (broad SMARTS) is 2. The average molecular weight is 619 g/mol. The molecule has 45 heavy (non-hydrogen) atoms. The lowest BCUT2D eigenvalue weighted by Crippen LogP contribution is -2.56. The summed E-state index contributed by atoms with van der Waals surface area (Å²) in [6, 6.07) is 21.4. The van der Waals surface area contributed by atoms with Gasteiger partial charge in [0.2, 0.25) is 0 Å². The zero-order valence-corrected chi connectivity index (χ0v) is 26.5. The highest BCUT2D eigenvalue weighted by molar-refractivity contribution is 5.88. The number of piperazine rings is 1. The van der Waals surface area contributed by atoms with E-state index in [1.54, 1.807) is 4.90 Å². The van der Waals surface area contributed by atoms with Crippen LogP contribution < -0.4 is 0 Å². The van der Waals surface area contributed by atoms with Gasteiger partial charge in [0.05, 0.1) is 0 Å². The average Bonchev–Trinajstić information content (AvgIpc) is 3.03. The van der Waals surface area contributed by atoms with Crippen LogP contribution in [0, 0.1) is 13.8 Å². The lowest BCUT2D eigenvalue weighted by Gasteiger charge is -2.37. The molecular weight excluding hydrogens is 572 g/mol. The number of nitrogens with zero attached hydrogens (tertiary/aromatic N) is 2. The normalized spacial score (nSPS) is 15.2. The molecule has 3 aromatic carbocycles. The molecule has 1 heterocycles. The van der Waals surface area contributed by atoms with Crippen molar-refractivity contribution in [3.63, 3.8) is 0 Å². The molecule has 0 radical (unpaired) electrons. The topological polar surface area (TPSA) is 117 Å². The van der Waals surface area contributed by atoms with Crippen molar-refractivity contribution in [3.05, 3.63) is 82.9 Å². The monoisotopic (exact) mass is 618 g/mol. The molecular formula is C36H46N2O7. The fraction of sp³-hybridized carbons (Fsp3) is 0.472. The molecule has 1 aliphatic rings. The first-order chi connectivity index (χ1) is 21.7. The maximum atomic E-state index is 13.6. The van der Waals surface area contributed by atoms with E-state index in [0.717, 1.165) is 38.6 Å². The number of carbonyl (C=O) groups excluding carboxylic acids is 1. The zero-order valence-electron chi connectivity index (χ0n) is 26.5. The summed E-state index contributed by atoms with van der Waals surface area (Å²) in [4.78, 5) is 40.7. The smallest absolute Gasteiger partial charge is 0.336 e. The molecule has 3 aromatic rings. The third-order valence-corrected chi connectivity index (χ3v) is 8.56. The van der Waals surface area contributed by atoms with Crippen molar-refractivity contribution in [1.82, 2.24) is 9.80 Å². The second-order valence-corrected chi connectivity index (χ2v) is 11.9. The van der Waals surface area contributed by atoms with E-state index in [1.165, 1.54) is 33.0 Å². The Balaban J connectivity index is 1.25. The van der Waals surface area contributed by atoms with Crippen LogP contribution in [0.25, 0.3) is 10.8 Å². The van der Waals surface area contributed by atoms with Gasteiger partial charge in [-0.1, -0.05) is 67.1 Å². The summed E-state index contributed by atoms with van der Waals surface area (Å²) in [5.41, 5.74) is 5.10. The van der Waals surface area contributed by atoms with Gasteiger partial charge in [0.25, 0.3) is 5.91 Å². The molecule has 9 heteroatoms. The molecule has 0 aliphatic carbocycles. The van der Waals surface area contributed by atoms with Crippen LogP contribution in [0.3, 0.4) is 0 Å². The fourth-order valence-electron chi connectivity index (χ4n) is 5.79. The maximum absolute atomic E-state index is 13.6. The molecule has 2 N–H and O–H groups in total. The van der Waals surface area contributed by atoms with Crippen molar-refractivity contribution in [2.75, 3.05) is 45.9 Å². The molecule has 1 fully saturated rings. The molecule has 1 amide bonds. The zero-order chi connectivity index (χ0) is 32.2. The van der Waals surface area contributed by atoms with E-state index in [2.05, 4.69) is 67.3 Å². The number of hydrogen-bond acceptors (Lipinski definition) is 6. The van der Waals surface area contributed by atoms with Crippen molar-refractivity contribution in [3.8, 4) is 0 Å². The summed E-state index contributed by atoms with van der Waals surface area (Å²) in [7, 11) is 0. The van der Waals surface area contributed by atoms with Crippen molar-refractivity contribution in [2.24, 2.45) is 0 Å².